The van der Waals surface area contributed by atoms with Crippen LogP contribution in [0.2, 0.25) is 0 Å². The first-order chi connectivity index (χ1) is 8.04. The van der Waals surface area contributed by atoms with Gasteiger partial charge in [-0.2, -0.15) is 8.78 Å². The smallest absolute Gasteiger partial charge is 0.287 e. The molecule has 17 heavy (non-hydrogen) atoms. The minimum atomic E-state index is -3.36. The van der Waals surface area contributed by atoms with Crippen molar-refractivity contribution >= 4 is 32.5 Å². The molecule has 1 nitrogen and oxygen atoms in total. The van der Waals surface area contributed by atoms with E-state index in [1.165, 1.54) is 12.1 Å². The molecular weight excluding hydrogens is 290 g/mol. The average molecular weight is 299 g/mol. The van der Waals surface area contributed by atoms with Crippen molar-refractivity contribution in [1.82, 2.24) is 0 Å². The third-order valence-corrected chi connectivity index (χ3v) is 3.22. The third-order valence-electron chi connectivity index (χ3n) is 2.51. The van der Waals surface area contributed by atoms with Crippen molar-refractivity contribution in [2.75, 3.05) is 5.33 Å². The van der Waals surface area contributed by atoms with Gasteiger partial charge in [-0.1, -0.05) is 52.3 Å². The van der Waals surface area contributed by atoms with Crippen LogP contribution in [-0.2, 0) is 0 Å². The molecule has 0 fully saturated rings. The van der Waals surface area contributed by atoms with E-state index < -0.39 is 17.0 Å². The Morgan fingerprint density at radius 3 is 2.41 bits per heavy atom. The van der Waals surface area contributed by atoms with E-state index in [0.717, 1.165) is 10.8 Å². The number of halogens is 3. The van der Waals surface area contributed by atoms with Gasteiger partial charge in [0, 0.05) is 5.56 Å². The highest BCUT2D eigenvalue weighted by Crippen LogP contribution is 2.24. The predicted octanol–water partition coefficient (Wildman–Crippen LogP) is 4.05. The Morgan fingerprint density at radius 1 is 1.12 bits per heavy atom. The van der Waals surface area contributed by atoms with Crippen molar-refractivity contribution in [2.24, 2.45) is 0 Å². The molecule has 0 N–H and O–H groups in total. The molecule has 0 spiro atoms. The molecule has 0 aromatic heterocycles. The van der Waals surface area contributed by atoms with Crippen molar-refractivity contribution in [3.05, 3.63) is 48.0 Å². The molecule has 0 aliphatic carbocycles. The van der Waals surface area contributed by atoms with Gasteiger partial charge < -0.3 is 0 Å². The van der Waals surface area contributed by atoms with Crippen LogP contribution in [0.3, 0.4) is 0 Å². The first-order valence-corrected chi connectivity index (χ1v) is 6.14. The van der Waals surface area contributed by atoms with Crippen molar-refractivity contribution in [2.45, 2.75) is 5.92 Å². The van der Waals surface area contributed by atoms with Gasteiger partial charge in [0.1, 0.15) is 0 Å². The zero-order chi connectivity index (χ0) is 12.5. The molecule has 2 rings (SSSR count). The molecule has 0 unspecified atom stereocenters. The Kier molecular flexibility index (Phi) is 3.24. The van der Waals surface area contributed by atoms with Crippen LogP contribution in [0, 0.1) is 0 Å². The standard InChI is InChI=1S/C13H9BrF2O/c14-8-13(15,16)12(17)11-6-5-9-3-1-2-4-10(9)7-11/h1-7H,8H2. The van der Waals surface area contributed by atoms with Crippen LogP contribution in [0.4, 0.5) is 8.78 Å². The van der Waals surface area contributed by atoms with Crippen LogP contribution in [0.25, 0.3) is 10.8 Å². The summed E-state index contributed by atoms with van der Waals surface area (Å²) < 4.78 is 26.5. The summed E-state index contributed by atoms with van der Waals surface area (Å²) in [6.45, 7) is 0. The second-order valence-electron chi connectivity index (χ2n) is 3.73. The van der Waals surface area contributed by atoms with Crippen LogP contribution in [0.1, 0.15) is 10.4 Å². The number of carbonyl (C=O) groups excluding carboxylic acids is 1. The highest BCUT2D eigenvalue weighted by molar-refractivity contribution is 9.09. The van der Waals surface area contributed by atoms with E-state index in [0.29, 0.717) is 0 Å². The number of alkyl halides is 3. The van der Waals surface area contributed by atoms with Crippen LogP contribution >= 0.6 is 15.9 Å². The lowest BCUT2D eigenvalue weighted by Gasteiger charge is -2.11. The zero-order valence-corrected chi connectivity index (χ0v) is 10.4. The molecule has 0 aliphatic rings. The van der Waals surface area contributed by atoms with E-state index in [9.17, 15) is 13.6 Å². The molecule has 0 saturated carbocycles. The number of ketones is 1. The Bertz CT molecular complexity index is 566. The molecule has 4 heteroatoms. The maximum absolute atomic E-state index is 13.2. The largest absolute Gasteiger partial charge is 0.319 e. The lowest BCUT2D eigenvalue weighted by atomic mass is 10.0. The van der Waals surface area contributed by atoms with Gasteiger partial charge >= 0.3 is 5.92 Å². The van der Waals surface area contributed by atoms with Gasteiger partial charge in [0.2, 0.25) is 5.78 Å². The van der Waals surface area contributed by atoms with E-state index in [4.69, 9.17) is 0 Å². The first kappa shape index (κ1) is 12.2. The van der Waals surface area contributed by atoms with Gasteiger partial charge in [-0.25, -0.2) is 0 Å². The highest BCUT2D eigenvalue weighted by atomic mass is 79.9. The molecule has 0 atom stereocenters. The molecule has 0 amide bonds. The fraction of sp³-hybridized carbons (Fsp3) is 0.154. The number of fused-ring (bicyclic) bond motifs is 1. The summed E-state index contributed by atoms with van der Waals surface area (Å²) in [4.78, 5) is 11.6. The van der Waals surface area contributed by atoms with E-state index in [2.05, 4.69) is 15.9 Å². The Labute approximate surface area is 106 Å². The van der Waals surface area contributed by atoms with Crippen molar-refractivity contribution < 1.29 is 13.6 Å². The summed E-state index contributed by atoms with van der Waals surface area (Å²) in [5, 5.41) is 1.04. The quantitative estimate of drug-likeness (QED) is 0.617. The summed E-state index contributed by atoms with van der Waals surface area (Å²) in [5.41, 5.74) is 0.0353. The molecule has 0 heterocycles. The molecule has 0 radical (unpaired) electrons. The van der Waals surface area contributed by atoms with Gasteiger partial charge in [0.05, 0.1) is 5.33 Å². The summed E-state index contributed by atoms with van der Waals surface area (Å²) in [6.07, 6.45) is 0. The lowest BCUT2D eigenvalue weighted by Crippen LogP contribution is -2.30. The summed E-state index contributed by atoms with van der Waals surface area (Å²) in [7, 11) is 0. The van der Waals surface area contributed by atoms with Gasteiger partial charge in [0.15, 0.2) is 0 Å². The number of carbonyl (C=O) groups is 1. The summed E-state index contributed by atoms with van der Waals surface area (Å²) in [5.74, 6) is -4.51. The Balaban J connectivity index is 2.47. The molecular formula is C13H9BrF2O. The number of rotatable bonds is 3. The van der Waals surface area contributed by atoms with Crippen LogP contribution < -0.4 is 0 Å². The van der Waals surface area contributed by atoms with Crippen molar-refractivity contribution in [1.29, 1.82) is 0 Å². The summed E-state index contributed by atoms with van der Waals surface area (Å²) in [6, 6.07) is 11.9. The number of hydrogen-bond donors (Lipinski definition) is 0. The minimum Gasteiger partial charge on any atom is -0.287 e. The molecule has 0 bridgehead atoms. The van der Waals surface area contributed by atoms with Gasteiger partial charge in [-0.3, -0.25) is 4.79 Å². The van der Waals surface area contributed by atoms with Crippen molar-refractivity contribution in [3.8, 4) is 0 Å². The lowest BCUT2D eigenvalue weighted by molar-refractivity contribution is 0.0257. The predicted molar refractivity (Wildman–Crippen MR) is 67.0 cm³/mol. The Morgan fingerprint density at radius 2 is 1.76 bits per heavy atom. The van der Waals surface area contributed by atoms with E-state index in [-0.39, 0.29) is 5.56 Å². The fourth-order valence-electron chi connectivity index (χ4n) is 1.60. The maximum Gasteiger partial charge on any atom is 0.319 e. The topological polar surface area (TPSA) is 17.1 Å². The molecule has 0 aliphatic heterocycles. The molecule has 0 saturated heterocycles. The van der Waals surface area contributed by atoms with E-state index in [1.807, 2.05) is 12.1 Å². The average Bonchev–Trinajstić information content (AvgIpc) is 2.37. The molecule has 88 valence electrons. The second-order valence-corrected chi connectivity index (χ2v) is 4.29. The van der Waals surface area contributed by atoms with Gasteiger partial charge in [0.25, 0.3) is 0 Å². The van der Waals surface area contributed by atoms with Gasteiger partial charge in [-0.05, 0) is 16.8 Å². The number of Topliss-reactive ketones (excluding diaryl/α,β-unsaturated/α-hetero) is 1. The van der Waals surface area contributed by atoms with Crippen molar-refractivity contribution in [3.63, 3.8) is 0 Å². The van der Waals surface area contributed by atoms with Crippen LogP contribution in [0.5, 0.6) is 0 Å². The number of benzene rings is 2. The van der Waals surface area contributed by atoms with Crippen LogP contribution in [-0.4, -0.2) is 17.0 Å². The Hall–Kier alpha value is -1.29. The fourth-order valence-corrected chi connectivity index (χ4v) is 1.86. The number of hydrogen-bond acceptors (Lipinski definition) is 1. The van der Waals surface area contributed by atoms with E-state index in [1.54, 1.807) is 18.2 Å². The molecule has 2 aromatic carbocycles. The SMILES string of the molecule is O=C(c1ccc2ccccc2c1)C(F)(F)CBr. The first-order valence-electron chi connectivity index (χ1n) is 5.02. The second kappa shape index (κ2) is 4.53. The maximum atomic E-state index is 13.2. The van der Waals surface area contributed by atoms with Crippen LogP contribution in [0.15, 0.2) is 42.5 Å². The normalized spacial score (nSPS) is 11.7. The third kappa shape index (κ3) is 2.36. The highest BCUT2D eigenvalue weighted by Gasteiger charge is 2.37. The zero-order valence-electron chi connectivity index (χ0n) is 8.79. The molecule has 2 aromatic rings. The van der Waals surface area contributed by atoms with Gasteiger partial charge in [-0.15, -0.1) is 0 Å². The minimum absolute atomic E-state index is 0.0353. The van der Waals surface area contributed by atoms with E-state index >= 15 is 0 Å². The summed E-state index contributed by atoms with van der Waals surface area (Å²) >= 11 is 2.65. The monoisotopic (exact) mass is 298 g/mol.